The standard InChI is InChI=1S/C14H20FNO4S/c1-10-6-13(7-11(9-17)14(10)15)21(18,19)16-8-12-4-2-3-5-20-12/h6-7,12,16-17H,2-5,8-9H2,1H3. The van der Waals surface area contributed by atoms with Crippen LogP contribution < -0.4 is 4.72 Å². The summed E-state index contributed by atoms with van der Waals surface area (Å²) in [6.07, 6.45) is 2.73. The summed E-state index contributed by atoms with van der Waals surface area (Å²) in [5.74, 6) is -0.577. The summed E-state index contributed by atoms with van der Waals surface area (Å²) < 4.78 is 46.1. The third-order valence-electron chi connectivity index (χ3n) is 3.56. The van der Waals surface area contributed by atoms with E-state index in [9.17, 15) is 12.8 Å². The Balaban J connectivity index is 2.13. The van der Waals surface area contributed by atoms with E-state index < -0.39 is 22.4 Å². The first-order valence-corrected chi connectivity index (χ1v) is 8.43. The van der Waals surface area contributed by atoms with E-state index in [0.29, 0.717) is 6.61 Å². The van der Waals surface area contributed by atoms with Crippen LogP contribution in [0, 0.1) is 12.7 Å². The van der Waals surface area contributed by atoms with E-state index in [-0.39, 0.29) is 28.7 Å². The quantitative estimate of drug-likeness (QED) is 0.862. The number of ether oxygens (including phenoxy) is 1. The van der Waals surface area contributed by atoms with E-state index in [2.05, 4.69) is 4.72 Å². The molecule has 118 valence electrons. The highest BCUT2D eigenvalue weighted by atomic mass is 32.2. The second kappa shape index (κ2) is 6.83. The van der Waals surface area contributed by atoms with Crippen LogP contribution in [0.25, 0.3) is 0 Å². The normalized spacial score (nSPS) is 19.7. The minimum absolute atomic E-state index is 0.0238. The van der Waals surface area contributed by atoms with Crippen LogP contribution in [-0.4, -0.2) is 32.8 Å². The van der Waals surface area contributed by atoms with Gasteiger partial charge in [0.1, 0.15) is 5.82 Å². The van der Waals surface area contributed by atoms with Crippen LogP contribution in [0.2, 0.25) is 0 Å². The summed E-state index contributed by atoms with van der Waals surface area (Å²) >= 11 is 0. The lowest BCUT2D eigenvalue weighted by Crippen LogP contribution is -2.35. The lowest BCUT2D eigenvalue weighted by atomic mass is 10.1. The Bertz CT molecular complexity index is 597. The van der Waals surface area contributed by atoms with Gasteiger partial charge in [0.2, 0.25) is 10.0 Å². The molecular formula is C14H20FNO4S. The highest BCUT2D eigenvalue weighted by Crippen LogP contribution is 2.20. The molecule has 1 fully saturated rings. The molecule has 1 aliphatic rings. The van der Waals surface area contributed by atoms with Crippen molar-refractivity contribution < 1.29 is 22.7 Å². The number of hydrogen-bond acceptors (Lipinski definition) is 4. The van der Waals surface area contributed by atoms with Gasteiger partial charge in [0.05, 0.1) is 17.6 Å². The first-order chi connectivity index (χ1) is 9.94. The van der Waals surface area contributed by atoms with Gasteiger partial charge in [0.15, 0.2) is 0 Å². The van der Waals surface area contributed by atoms with E-state index in [1.54, 1.807) is 0 Å². The fourth-order valence-electron chi connectivity index (χ4n) is 2.33. The lowest BCUT2D eigenvalue weighted by molar-refractivity contribution is 0.0200. The Morgan fingerprint density at radius 2 is 2.19 bits per heavy atom. The summed E-state index contributed by atoms with van der Waals surface area (Å²) in [5, 5.41) is 9.09. The fourth-order valence-corrected chi connectivity index (χ4v) is 3.53. The average Bonchev–Trinajstić information content (AvgIpc) is 2.49. The van der Waals surface area contributed by atoms with Crippen LogP contribution in [0.4, 0.5) is 4.39 Å². The van der Waals surface area contributed by atoms with Crippen molar-refractivity contribution >= 4 is 10.0 Å². The van der Waals surface area contributed by atoms with Gasteiger partial charge in [-0.2, -0.15) is 0 Å². The van der Waals surface area contributed by atoms with E-state index in [1.165, 1.54) is 13.0 Å². The maximum absolute atomic E-state index is 13.7. The molecule has 0 aromatic heterocycles. The second-order valence-electron chi connectivity index (χ2n) is 5.21. The molecule has 7 heteroatoms. The Kier molecular flexibility index (Phi) is 5.32. The zero-order chi connectivity index (χ0) is 15.5. The van der Waals surface area contributed by atoms with Crippen LogP contribution in [-0.2, 0) is 21.4 Å². The molecule has 1 saturated heterocycles. The molecule has 0 amide bonds. The smallest absolute Gasteiger partial charge is 0.240 e. The van der Waals surface area contributed by atoms with Gasteiger partial charge in [-0.25, -0.2) is 17.5 Å². The molecule has 2 N–H and O–H groups in total. The van der Waals surface area contributed by atoms with Crippen LogP contribution in [0.3, 0.4) is 0 Å². The largest absolute Gasteiger partial charge is 0.392 e. The zero-order valence-corrected chi connectivity index (χ0v) is 12.7. The van der Waals surface area contributed by atoms with E-state index in [0.717, 1.165) is 25.3 Å². The monoisotopic (exact) mass is 317 g/mol. The molecule has 1 heterocycles. The minimum atomic E-state index is -3.74. The summed E-state index contributed by atoms with van der Waals surface area (Å²) in [5.41, 5.74) is 0.167. The number of nitrogens with one attached hydrogen (secondary N) is 1. The Morgan fingerprint density at radius 1 is 1.43 bits per heavy atom. The number of sulfonamides is 1. The zero-order valence-electron chi connectivity index (χ0n) is 11.9. The van der Waals surface area contributed by atoms with Gasteiger partial charge in [-0.05, 0) is 43.9 Å². The maximum Gasteiger partial charge on any atom is 0.240 e. The predicted octanol–water partition coefficient (Wildman–Crippen LogP) is 1.47. The van der Waals surface area contributed by atoms with Crippen molar-refractivity contribution in [3.05, 3.63) is 29.1 Å². The summed E-state index contributed by atoms with van der Waals surface area (Å²) in [4.78, 5) is -0.0405. The van der Waals surface area contributed by atoms with Gasteiger partial charge >= 0.3 is 0 Å². The number of aliphatic hydroxyl groups is 1. The highest BCUT2D eigenvalue weighted by molar-refractivity contribution is 7.89. The first kappa shape index (κ1) is 16.4. The summed E-state index contributed by atoms with van der Waals surface area (Å²) in [7, 11) is -3.74. The molecule has 2 rings (SSSR count). The molecular weight excluding hydrogens is 297 g/mol. The van der Waals surface area contributed by atoms with Crippen LogP contribution in [0.15, 0.2) is 17.0 Å². The molecule has 1 unspecified atom stereocenters. The maximum atomic E-state index is 13.7. The third kappa shape index (κ3) is 4.00. The van der Waals surface area contributed by atoms with Gasteiger partial charge in [0, 0.05) is 18.7 Å². The van der Waals surface area contributed by atoms with E-state index >= 15 is 0 Å². The van der Waals surface area contributed by atoms with Crippen molar-refractivity contribution in [3.63, 3.8) is 0 Å². The van der Waals surface area contributed by atoms with Gasteiger partial charge < -0.3 is 9.84 Å². The fraction of sp³-hybridized carbons (Fsp3) is 0.571. The predicted molar refractivity (Wildman–Crippen MR) is 75.8 cm³/mol. The van der Waals surface area contributed by atoms with Crippen molar-refractivity contribution in [1.82, 2.24) is 4.72 Å². The molecule has 5 nitrogen and oxygen atoms in total. The average molecular weight is 317 g/mol. The van der Waals surface area contributed by atoms with Gasteiger partial charge in [-0.1, -0.05) is 0 Å². The SMILES string of the molecule is Cc1cc(S(=O)(=O)NCC2CCCCO2)cc(CO)c1F. The number of hydrogen-bond donors (Lipinski definition) is 2. The third-order valence-corrected chi connectivity index (χ3v) is 4.96. The Labute approximate surface area is 124 Å². The molecule has 0 saturated carbocycles. The van der Waals surface area contributed by atoms with E-state index in [4.69, 9.17) is 9.84 Å². The molecule has 0 spiro atoms. The number of aliphatic hydroxyl groups excluding tert-OH is 1. The second-order valence-corrected chi connectivity index (χ2v) is 6.98. The van der Waals surface area contributed by atoms with Gasteiger partial charge in [-0.15, -0.1) is 0 Å². The number of halogens is 1. The van der Waals surface area contributed by atoms with Crippen molar-refractivity contribution in [3.8, 4) is 0 Å². The van der Waals surface area contributed by atoms with Crippen LogP contribution in [0.1, 0.15) is 30.4 Å². The summed E-state index contributed by atoms with van der Waals surface area (Å²) in [6, 6.07) is 2.42. The highest BCUT2D eigenvalue weighted by Gasteiger charge is 2.21. The topological polar surface area (TPSA) is 75.6 Å². The van der Waals surface area contributed by atoms with Crippen LogP contribution in [0.5, 0.6) is 0 Å². The molecule has 0 radical (unpaired) electrons. The van der Waals surface area contributed by atoms with Gasteiger partial charge in [0.25, 0.3) is 0 Å². The molecule has 0 bridgehead atoms. The van der Waals surface area contributed by atoms with Crippen molar-refractivity contribution in [2.45, 2.75) is 43.8 Å². The molecule has 0 aliphatic carbocycles. The molecule has 1 atom stereocenters. The summed E-state index contributed by atoms with van der Waals surface area (Å²) in [6.45, 7) is 1.78. The van der Waals surface area contributed by atoms with E-state index in [1.807, 2.05) is 0 Å². The molecule has 1 aromatic rings. The van der Waals surface area contributed by atoms with Crippen molar-refractivity contribution in [1.29, 1.82) is 0 Å². The molecule has 1 aliphatic heterocycles. The first-order valence-electron chi connectivity index (χ1n) is 6.95. The number of aryl methyl sites for hydroxylation is 1. The molecule has 21 heavy (non-hydrogen) atoms. The lowest BCUT2D eigenvalue weighted by Gasteiger charge is -2.22. The number of benzene rings is 1. The molecule has 1 aromatic carbocycles. The van der Waals surface area contributed by atoms with Crippen molar-refractivity contribution in [2.24, 2.45) is 0 Å². The Hall–Kier alpha value is -1.02. The van der Waals surface area contributed by atoms with Crippen molar-refractivity contribution in [2.75, 3.05) is 13.2 Å². The van der Waals surface area contributed by atoms with Crippen LogP contribution >= 0.6 is 0 Å². The minimum Gasteiger partial charge on any atom is -0.392 e. The van der Waals surface area contributed by atoms with Gasteiger partial charge in [-0.3, -0.25) is 0 Å². The Morgan fingerprint density at radius 3 is 2.81 bits per heavy atom. The number of rotatable bonds is 5.